The predicted octanol–water partition coefficient (Wildman–Crippen LogP) is -1.56. The van der Waals surface area contributed by atoms with Crippen LogP contribution >= 0.6 is 0 Å². The number of hydrogen-bond acceptors (Lipinski definition) is 6. The van der Waals surface area contributed by atoms with Gasteiger partial charge in [-0.15, -0.1) is 0 Å². The van der Waals surface area contributed by atoms with Crippen molar-refractivity contribution in [2.75, 3.05) is 0 Å². The number of nitrogens with zero attached hydrogens (tertiary/aromatic N) is 1. The second kappa shape index (κ2) is 4.26. The Morgan fingerprint density at radius 1 is 1.23 bits per heavy atom. The standard InChI is InChI=1S/C14H14N2O6/c17-8-5-14(8)10(19)9(18)12(22-14)16-7-4-2-1-3-6(7)11(20)15-13(16)21/h1-4,8-10,12,17-19H,5H2,(H,15,20,21)/t8?,9-,10+,12-,14?/m1/s1. The zero-order valence-corrected chi connectivity index (χ0v) is 11.3. The number of aromatic nitrogens is 2. The van der Waals surface area contributed by atoms with E-state index in [0.29, 0.717) is 5.52 Å². The van der Waals surface area contributed by atoms with Gasteiger partial charge in [0.05, 0.1) is 17.0 Å². The lowest BCUT2D eigenvalue weighted by Crippen LogP contribution is -2.38. The molecule has 4 rings (SSSR count). The fourth-order valence-corrected chi connectivity index (χ4v) is 3.16. The Balaban J connectivity index is 1.92. The molecule has 2 unspecified atom stereocenters. The third-order valence-electron chi connectivity index (χ3n) is 4.47. The average molecular weight is 306 g/mol. The maximum absolute atomic E-state index is 12.2. The average Bonchev–Trinajstić information content (AvgIpc) is 3.08. The van der Waals surface area contributed by atoms with Crippen LogP contribution in [0.2, 0.25) is 0 Å². The maximum Gasteiger partial charge on any atom is 0.331 e. The number of aromatic amines is 1. The van der Waals surface area contributed by atoms with Crippen molar-refractivity contribution in [3.05, 3.63) is 45.1 Å². The van der Waals surface area contributed by atoms with Gasteiger partial charge in [0, 0.05) is 6.42 Å². The molecule has 2 aliphatic rings. The molecular weight excluding hydrogens is 292 g/mol. The molecule has 22 heavy (non-hydrogen) atoms. The first kappa shape index (κ1) is 13.6. The minimum Gasteiger partial charge on any atom is -0.390 e. The zero-order valence-electron chi connectivity index (χ0n) is 11.3. The molecule has 1 spiro atoms. The molecule has 1 aliphatic carbocycles. The van der Waals surface area contributed by atoms with Gasteiger partial charge in [-0.3, -0.25) is 14.3 Å². The topological polar surface area (TPSA) is 125 Å². The van der Waals surface area contributed by atoms with Crippen LogP contribution in [0.3, 0.4) is 0 Å². The van der Waals surface area contributed by atoms with Gasteiger partial charge in [-0.2, -0.15) is 0 Å². The molecule has 4 N–H and O–H groups in total. The molecule has 2 heterocycles. The van der Waals surface area contributed by atoms with Crippen molar-refractivity contribution in [1.82, 2.24) is 9.55 Å². The fraction of sp³-hybridized carbons (Fsp3) is 0.429. The number of aliphatic hydroxyl groups excluding tert-OH is 3. The van der Waals surface area contributed by atoms with Gasteiger partial charge in [0.25, 0.3) is 5.56 Å². The van der Waals surface area contributed by atoms with Crippen molar-refractivity contribution < 1.29 is 20.1 Å². The van der Waals surface area contributed by atoms with Gasteiger partial charge in [0.15, 0.2) is 6.23 Å². The van der Waals surface area contributed by atoms with Crippen LogP contribution in [0.15, 0.2) is 33.9 Å². The first-order valence-electron chi connectivity index (χ1n) is 6.91. The molecule has 116 valence electrons. The van der Waals surface area contributed by atoms with E-state index in [1.165, 1.54) is 0 Å². The highest BCUT2D eigenvalue weighted by Gasteiger charge is 2.69. The van der Waals surface area contributed by atoms with E-state index < -0.39 is 41.4 Å². The summed E-state index contributed by atoms with van der Waals surface area (Å²) in [6.07, 6.45) is -4.56. The Hall–Kier alpha value is -2.00. The maximum atomic E-state index is 12.2. The predicted molar refractivity (Wildman–Crippen MR) is 74.3 cm³/mol. The summed E-state index contributed by atoms with van der Waals surface area (Å²) in [6, 6.07) is 6.41. The Morgan fingerprint density at radius 3 is 2.55 bits per heavy atom. The molecule has 1 aliphatic heterocycles. The van der Waals surface area contributed by atoms with E-state index in [1.54, 1.807) is 24.3 Å². The number of fused-ring (bicyclic) bond motifs is 1. The lowest BCUT2D eigenvalue weighted by molar-refractivity contribution is -0.0648. The van der Waals surface area contributed by atoms with E-state index in [2.05, 4.69) is 4.98 Å². The van der Waals surface area contributed by atoms with E-state index in [-0.39, 0.29) is 11.8 Å². The van der Waals surface area contributed by atoms with Gasteiger partial charge in [0.2, 0.25) is 0 Å². The third kappa shape index (κ3) is 1.60. The van der Waals surface area contributed by atoms with Gasteiger partial charge in [-0.25, -0.2) is 4.79 Å². The van der Waals surface area contributed by atoms with Crippen LogP contribution in [0.25, 0.3) is 10.9 Å². The lowest BCUT2D eigenvalue weighted by Gasteiger charge is -2.19. The molecule has 8 nitrogen and oxygen atoms in total. The zero-order chi connectivity index (χ0) is 15.6. The summed E-state index contributed by atoms with van der Waals surface area (Å²) in [5.41, 5.74) is -2.22. The molecular formula is C14H14N2O6. The minimum atomic E-state index is -1.39. The van der Waals surface area contributed by atoms with Crippen LogP contribution in [-0.2, 0) is 4.74 Å². The first-order valence-corrected chi connectivity index (χ1v) is 6.91. The second-order valence-corrected chi connectivity index (χ2v) is 5.77. The number of H-pyrrole nitrogens is 1. The molecule has 1 aromatic heterocycles. The molecule has 1 saturated heterocycles. The Bertz CT molecular complexity index is 873. The van der Waals surface area contributed by atoms with Crippen LogP contribution in [-0.4, -0.2) is 48.8 Å². The highest BCUT2D eigenvalue weighted by atomic mass is 16.6. The molecule has 5 atom stereocenters. The molecule has 1 saturated carbocycles. The SMILES string of the molecule is O=c1[nH]c(=O)n([C@@H]2OC3(CC3O)[C@@H](O)[C@H]2O)c2ccccc12. The van der Waals surface area contributed by atoms with Gasteiger partial charge >= 0.3 is 5.69 Å². The van der Waals surface area contributed by atoms with Crippen LogP contribution < -0.4 is 11.2 Å². The van der Waals surface area contributed by atoms with Crippen molar-refractivity contribution in [3.8, 4) is 0 Å². The van der Waals surface area contributed by atoms with Crippen LogP contribution in [0.1, 0.15) is 12.6 Å². The lowest BCUT2D eigenvalue weighted by atomic mass is 10.1. The van der Waals surface area contributed by atoms with E-state index in [4.69, 9.17) is 4.74 Å². The van der Waals surface area contributed by atoms with Crippen molar-refractivity contribution in [1.29, 1.82) is 0 Å². The Labute approximate surface area is 123 Å². The number of rotatable bonds is 1. The third-order valence-corrected chi connectivity index (χ3v) is 4.47. The van der Waals surface area contributed by atoms with Crippen molar-refractivity contribution in [3.63, 3.8) is 0 Å². The van der Waals surface area contributed by atoms with Crippen molar-refractivity contribution in [2.45, 2.75) is 36.6 Å². The van der Waals surface area contributed by atoms with Gasteiger partial charge < -0.3 is 20.1 Å². The summed E-state index contributed by atoms with van der Waals surface area (Å²) in [4.78, 5) is 26.2. The first-order chi connectivity index (χ1) is 10.5. The Morgan fingerprint density at radius 2 is 1.91 bits per heavy atom. The second-order valence-electron chi connectivity index (χ2n) is 5.77. The van der Waals surface area contributed by atoms with Crippen LogP contribution in [0.4, 0.5) is 0 Å². The number of benzene rings is 1. The molecule has 0 bridgehead atoms. The number of nitrogens with one attached hydrogen (secondary N) is 1. The monoisotopic (exact) mass is 306 g/mol. The number of para-hydroxylation sites is 1. The van der Waals surface area contributed by atoms with Gasteiger partial charge in [-0.05, 0) is 12.1 Å². The van der Waals surface area contributed by atoms with Gasteiger partial charge in [0.1, 0.15) is 17.8 Å². The largest absolute Gasteiger partial charge is 0.390 e. The van der Waals surface area contributed by atoms with E-state index in [1.807, 2.05) is 0 Å². The fourth-order valence-electron chi connectivity index (χ4n) is 3.16. The highest BCUT2D eigenvalue weighted by molar-refractivity contribution is 5.77. The molecule has 0 radical (unpaired) electrons. The molecule has 1 aromatic carbocycles. The van der Waals surface area contributed by atoms with E-state index >= 15 is 0 Å². The van der Waals surface area contributed by atoms with Crippen LogP contribution in [0.5, 0.6) is 0 Å². The van der Waals surface area contributed by atoms with Crippen molar-refractivity contribution in [2.24, 2.45) is 0 Å². The normalized spacial score (nSPS) is 37.0. The smallest absolute Gasteiger partial charge is 0.331 e. The molecule has 2 fully saturated rings. The number of aliphatic hydroxyl groups is 3. The van der Waals surface area contributed by atoms with Crippen LogP contribution in [0, 0.1) is 0 Å². The minimum absolute atomic E-state index is 0.192. The number of ether oxygens (including phenoxy) is 1. The van der Waals surface area contributed by atoms with Gasteiger partial charge in [-0.1, -0.05) is 12.1 Å². The summed E-state index contributed by atoms with van der Waals surface area (Å²) >= 11 is 0. The van der Waals surface area contributed by atoms with Crippen molar-refractivity contribution >= 4 is 10.9 Å². The molecule has 8 heteroatoms. The Kier molecular flexibility index (Phi) is 2.64. The summed E-state index contributed by atoms with van der Waals surface area (Å²) in [5.74, 6) is 0. The molecule has 0 amide bonds. The summed E-state index contributed by atoms with van der Waals surface area (Å²) in [6.45, 7) is 0. The number of hydrogen-bond donors (Lipinski definition) is 4. The summed E-state index contributed by atoms with van der Waals surface area (Å²) in [7, 11) is 0. The van der Waals surface area contributed by atoms with E-state index in [9.17, 15) is 24.9 Å². The molecule has 2 aromatic rings. The quantitative estimate of drug-likeness (QED) is 0.505. The van der Waals surface area contributed by atoms with E-state index in [0.717, 1.165) is 4.57 Å². The highest BCUT2D eigenvalue weighted by Crippen LogP contribution is 2.52. The summed E-state index contributed by atoms with van der Waals surface area (Å²) < 4.78 is 6.70. The summed E-state index contributed by atoms with van der Waals surface area (Å²) in [5, 5.41) is 30.2.